The molecule has 2 aromatic rings. The number of thiocarbonyl (C=S) groups is 1. The second-order valence-corrected chi connectivity index (χ2v) is 7.58. The van der Waals surface area contributed by atoms with Crippen molar-refractivity contribution in [2.75, 3.05) is 46.5 Å². The molecule has 2 aromatic carbocycles. The van der Waals surface area contributed by atoms with Crippen LogP contribution in [-0.4, -0.2) is 57.3 Å². The van der Waals surface area contributed by atoms with Crippen LogP contribution in [0.2, 0.25) is 0 Å². The molecule has 0 bridgehead atoms. The number of quaternary nitrogens is 1. The van der Waals surface area contributed by atoms with E-state index in [-0.39, 0.29) is 0 Å². The van der Waals surface area contributed by atoms with Crippen LogP contribution in [0.15, 0.2) is 41.5 Å². The molecule has 6 nitrogen and oxygen atoms in total. The zero-order valence-electron chi connectivity index (χ0n) is 17.3. The van der Waals surface area contributed by atoms with Crippen molar-refractivity contribution >= 4 is 33.8 Å². The maximum absolute atomic E-state index is 5.39. The highest BCUT2D eigenvalue weighted by molar-refractivity contribution is 7.80. The van der Waals surface area contributed by atoms with E-state index in [0.29, 0.717) is 5.11 Å². The predicted octanol–water partition coefficient (Wildman–Crippen LogP) is 1.73. The lowest BCUT2D eigenvalue weighted by Crippen LogP contribution is -3.14. The van der Waals surface area contributed by atoms with Gasteiger partial charge in [-0.2, -0.15) is 5.10 Å². The predicted molar refractivity (Wildman–Crippen MR) is 122 cm³/mol. The summed E-state index contributed by atoms with van der Waals surface area (Å²) in [6.45, 7) is 8.05. The highest BCUT2D eigenvalue weighted by Gasteiger charge is 2.12. The average Bonchev–Trinajstić information content (AvgIpc) is 2.77. The average molecular weight is 416 g/mol. The number of hydrazone groups is 1. The van der Waals surface area contributed by atoms with Crippen LogP contribution in [-0.2, 0) is 4.74 Å². The molecule has 0 saturated carbocycles. The Morgan fingerprint density at radius 2 is 1.93 bits per heavy atom. The minimum Gasteiger partial charge on any atom is -0.497 e. The number of benzene rings is 2. The van der Waals surface area contributed by atoms with Crippen LogP contribution >= 0.6 is 12.2 Å². The summed E-state index contributed by atoms with van der Waals surface area (Å²) in [7, 11) is 1.68. The van der Waals surface area contributed by atoms with Gasteiger partial charge in [0.2, 0.25) is 0 Å². The molecule has 1 saturated heterocycles. The minimum atomic E-state index is 0.568. The molecule has 1 aliphatic heterocycles. The Hall–Kier alpha value is -2.22. The van der Waals surface area contributed by atoms with E-state index < -0.39 is 0 Å². The van der Waals surface area contributed by atoms with Crippen molar-refractivity contribution < 1.29 is 14.4 Å². The first-order valence-electron chi connectivity index (χ1n) is 10.3. The first-order chi connectivity index (χ1) is 14.2. The molecule has 0 spiro atoms. The molecule has 0 unspecified atom stereocenters. The van der Waals surface area contributed by atoms with Crippen LogP contribution in [0, 0.1) is 0 Å². The first-order valence-corrected chi connectivity index (χ1v) is 10.7. The van der Waals surface area contributed by atoms with E-state index in [0.717, 1.165) is 80.0 Å². The monoisotopic (exact) mass is 415 g/mol. The largest absolute Gasteiger partial charge is 0.497 e. The number of nitrogens with zero attached hydrogens (tertiary/aromatic N) is 1. The normalized spacial score (nSPS) is 15.3. The Morgan fingerprint density at radius 1 is 1.17 bits per heavy atom. The molecule has 0 radical (unpaired) electrons. The van der Waals surface area contributed by atoms with Gasteiger partial charge in [-0.25, -0.2) is 0 Å². The lowest BCUT2D eigenvalue weighted by molar-refractivity contribution is -0.908. The van der Waals surface area contributed by atoms with E-state index in [1.54, 1.807) is 12.0 Å². The van der Waals surface area contributed by atoms with E-state index in [1.807, 2.05) is 12.1 Å². The molecule has 0 aromatic heterocycles. The van der Waals surface area contributed by atoms with Crippen molar-refractivity contribution in [3.8, 4) is 5.75 Å². The Morgan fingerprint density at radius 3 is 2.69 bits per heavy atom. The summed E-state index contributed by atoms with van der Waals surface area (Å²) in [5.41, 5.74) is 5.07. The summed E-state index contributed by atoms with van der Waals surface area (Å²) in [6, 6.07) is 12.4. The van der Waals surface area contributed by atoms with Gasteiger partial charge in [0.15, 0.2) is 5.11 Å². The van der Waals surface area contributed by atoms with Crippen LogP contribution < -0.4 is 20.4 Å². The van der Waals surface area contributed by atoms with Gasteiger partial charge in [0.25, 0.3) is 0 Å². The van der Waals surface area contributed by atoms with Crippen LogP contribution in [0.5, 0.6) is 5.75 Å². The smallest absolute Gasteiger partial charge is 0.186 e. The fourth-order valence-corrected chi connectivity index (χ4v) is 3.63. The zero-order chi connectivity index (χ0) is 20.5. The van der Waals surface area contributed by atoms with Gasteiger partial charge < -0.3 is 19.7 Å². The number of methoxy groups -OCH3 is 1. The van der Waals surface area contributed by atoms with Gasteiger partial charge in [0, 0.05) is 13.0 Å². The molecule has 1 heterocycles. The van der Waals surface area contributed by atoms with Crippen molar-refractivity contribution in [1.82, 2.24) is 10.7 Å². The summed E-state index contributed by atoms with van der Waals surface area (Å²) < 4.78 is 10.7. The molecule has 0 amide bonds. The maximum Gasteiger partial charge on any atom is 0.186 e. The molecule has 1 aliphatic rings. The van der Waals surface area contributed by atoms with Crippen molar-refractivity contribution in [2.45, 2.75) is 19.8 Å². The van der Waals surface area contributed by atoms with Gasteiger partial charge in [-0.3, -0.25) is 5.43 Å². The van der Waals surface area contributed by atoms with Gasteiger partial charge in [0.05, 0.1) is 32.6 Å². The SMILES string of the molecule is CC/C(=N/NC(=S)NCCC[NH+]1CCOCC1)c1ccc2cc(OC)ccc2c1. The molecule has 3 rings (SSSR count). The molecule has 0 aliphatic carbocycles. The van der Waals surface area contributed by atoms with Crippen LogP contribution in [0.25, 0.3) is 10.8 Å². The lowest BCUT2D eigenvalue weighted by Gasteiger charge is -2.23. The topological polar surface area (TPSA) is 59.3 Å². The molecular weight excluding hydrogens is 384 g/mol. The molecule has 7 heteroatoms. The summed E-state index contributed by atoms with van der Waals surface area (Å²) in [5, 5.41) is 10.7. The molecular formula is C22H31N4O2S+. The summed E-state index contributed by atoms with van der Waals surface area (Å²) in [6.07, 6.45) is 1.90. The molecule has 29 heavy (non-hydrogen) atoms. The van der Waals surface area contributed by atoms with Crippen LogP contribution in [0.4, 0.5) is 0 Å². The number of hydrogen-bond acceptors (Lipinski definition) is 4. The Balaban J connectivity index is 1.51. The Kier molecular flexibility index (Phi) is 8.22. The van der Waals surface area contributed by atoms with E-state index in [4.69, 9.17) is 21.7 Å². The second-order valence-electron chi connectivity index (χ2n) is 7.17. The molecule has 3 N–H and O–H groups in total. The fourth-order valence-electron chi connectivity index (χ4n) is 3.49. The number of fused-ring (bicyclic) bond motifs is 1. The molecule has 0 atom stereocenters. The van der Waals surface area contributed by atoms with Crippen LogP contribution in [0.3, 0.4) is 0 Å². The van der Waals surface area contributed by atoms with E-state index >= 15 is 0 Å². The van der Waals surface area contributed by atoms with Crippen LogP contribution in [0.1, 0.15) is 25.3 Å². The van der Waals surface area contributed by atoms with Gasteiger partial charge >= 0.3 is 0 Å². The van der Waals surface area contributed by atoms with E-state index in [9.17, 15) is 0 Å². The first kappa shape index (κ1) is 21.5. The number of hydrogen-bond donors (Lipinski definition) is 3. The number of ether oxygens (including phenoxy) is 2. The number of nitrogens with one attached hydrogen (secondary N) is 3. The number of morpholine rings is 1. The third kappa shape index (κ3) is 6.39. The van der Waals surface area contributed by atoms with Crippen molar-refractivity contribution in [3.05, 3.63) is 42.0 Å². The Bertz CT molecular complexity index is 850. The fraction of sp³-hybridized carbons (Fsp3) is 0.455. The van der Waals surface area contributed by atoms with Crippen molar-refractivity contribution in [2.24, 2.45) is 5.10 Å². The maximum atomic E-state index is 5.39. The molecule has 1 fully saturated rings. The van der Waals surface area contributed by atoms with Crippen molar-refractivity contribution in [3.63, 3.8) is 0 Å². The van der Waals surface area contributed by atoms with E-state index in [2.05, 4.69) is 47.0 Å². The Labute approximate surface area is 178 Å². The standard InChI is InChI=1S/C22H30N4O2S/c1-3-21(19-6-5-18-16-20(27-2)8-7-17(18)15-19)24-25-22(29)23-9-4-10-26-11-13-28-14-12-26/h5-8,15-16H,3-4,9-14H2,1-2H3,(H2,23,25,29)/p+1/b24-21-. The lowest BCUT2D eigenvalue weighted by atomic mass is 10.0. The summed E-state index contributed by atoms with van der Waals surface area (Å²) in [5.74, 6) is 0.864. The highest BCUT2D eigenvalue weighted by Crippen LogP contribution is 2.22. The third-order valence-electron chi connectivity index (χ3n) is 5.20. The van der Waals surface area contributed by atoms with Gasteiger partial charge in [0.1, 0.15) is 18.8 Å². The van der Waals surface area contributed by atoms with Gasteiger partial charge in [-0.1, -0.05) is 25.1 Å². The van der Waals surface area contributed by atoms with E-state index in [1.165, 1.54) is 0 Å². The number of rotatable bonds is 8. The van der Waals surface area contributed by atoms with Gasteiger partial charge in [-0.05, 0) is 53.2 Å². The summed E-state index contributed by atoms with van der Waals surface area (Å²) >= 11 is 5.37. The van der Waals surface area contributed by atoms with Gasteiger partial charge in [-0.15, -0.1) is 0 Å². The highest BCUT2D eigenvalue weighted by atomic mass is 32.1. The van der Waals surface area contributed by atoms with Crippen molar-refractivity contribution in [1.29, 1.82) is 0 Å². The molecule has 156 valence electrons. The zero-order valence-corrected chi connectivity index (χ0v) is 18.1. The minimum absolute atomic E-state index is 0.568. The third-order valence-corrected chi connectivity index (χ3v) is 5.44. The second kappa shape index (κ2) is 11.1. The quantitative estimate of drug-likeness (QED) is 0.265. The summed E-state index contributed by atoms with van der Waals surface area (Å²) in [4.78, 5) is 1.61.